The van der Waals surface area contributed by atoms with Gasteiger partial charge in [0.15, 0.2) is 0 Å². The molecule has 0 atom stereocenters. The molecule has 0 saturated heterocycles. The topological polar surface area (TPSA) is 43.4 Å². The first-order valence-electron chi connectivity index (χ1n) is 5.10. The van der Waals surface area contributed by atoms with Crippen molar-refractivity contribution in [3.8, 4) is 0 Å². The maximum Gasteiger partial charge on any atom is 0.379 e. The van der Waals surface area contributed by atoms with Crippen molar-refractivity contribution in [2.75, 3.05) is 6.61 Å². The minimum absolute atomic E-state index is 0.186. The van der Waals surface area contributed by atoms with E-state index in [4.69, 9.17) is 11.6 Å². The Morgan fingerprint density at radius 1 is 1.31 bits per heavy atom. The zero-order valence-electron chi connectivity index (χ0n) is 9.25. The minimum Gasteiger partial charge on any atom is -0.460 e. The molecule has 0 saturated carbocycles. The quantitative estimate of drug-likeness (QED) is 0.462. The van der Waals surface area contributed by atoms with Crippen LogP contribution in [0.15, 0.2) is 18.2 Å². The van der Waals surface area contributed by atoms with Gasteiger partial charge in [-0.15, -0.1) is 0 Å². The first-order chi connectivity index (χ1) is 7.60. The van der Waals surface area contributed by atoms with E-state index in [1.54, 1.807) is 19.1 Å². The van der Waals surface area contributed by atoms with Gasteiger partial charge >= 0.3 is 5.97 Å². The Bertz CT molecular complexity index is 413. The zero-order valence-corrected chi connectivity index (χ0v) is 10.0. The molecule has 3 nitrogen and oxygen atoms in total. The first-order valence-corrected chi connectivity index (χ1v) is 5.47. The number of hydrogen-bond donors (Lipinski definition) is 0. The fourth-order valence-electron chi connectivity index (χ4n) is 1.29. The highest BCUT2D eigenvalue weighted by molar-refractivity contribution is 6.41. The predicted molar refractivity (Wildman–Crippen MR) is 61.8 cm³/mol. The van der Waals surface area contributed by atoms with Crippen molar-refractivity contribution in [1.29, 1.82) is 0 Å². The molecule has 0 amide bonds. The summed E-state index contributed by atoms with van der Waals surface area (Å²) in [5, 5.41) is 0.498. The minimum atomic E-state index is -0.845. The van der Waals surface area contributed by atoms with Crippen LogP contribution in [0.25, 0.3) is 0 Å². The number of aryl methyl sites for hydroxylation is 1. The molecule has 1 aromatic carbocycles. The normalized spacial score (nSPS) is 9.94. The zero-order chi connectivity index (χ0) is 12.1. The summed E-state index contributed by atoms with van der Waals surface area (Å²) in [5.74, 6) is -1.51. The first kappa shape index (κ1) is 12.7. The highest BCUT2D eigenvalue weighted by Gasteiger charge is 2.17. The molecule has 0 bridgehead atoms. The Balaban J connectivity index is 2.93. The number of ketones is 1. The molecule has 1 rings (SSSR count). The van der Waals surface area contributed by atoms with E-state index in [0.29, 0.717) is 5.02 Å². The van der Waals surface area contributed by atoms with Crippen LogP contribution in [-0.2, 0) is 16.0 Å². The number of rotatable bonds is 4. The Labute approximate surface area is 99.4 Å². The third-order valence-electron chi connectivity index (χ3n) is 2.16. The van der Waals surface area contributed by atoms with Gasteiger partial charge in [0.25, 0.3) is 5.78 Å². The summed E-state index contributed by atoms with van der Waals surface area (Å²) in [6.07, 6.45) is 0.784. The second-order valence-electron chi connectivity index (χ2n) is 3.21. The molecule has 0 aromatic heterocycles. The average molecular weight is 241 g/mol. The molecule has 16 heavy (non-hydrogen) atoms. The fraction of sp³-hybridized carbons (Fsp3) is 0.333. The summed E-state index contributed by atoms with van der Waals surface area (Å²) in [5.41, 5.74) is 1.21. The van der Waals surface area contributed by atoms with Gasteiger partial charge in [-0.1, -0.05) is 30.7 Å². The standard InChI is InChI=1S/C12H13ClO3/c1-3-8-5-6-9(7-10(8)13)11(14)12(15)16-4-2/h5-7H,3-4H2,1-2H3. The predicted octanol–water partition coefficient (Wildman–Crippen LogP) is 2.65. The number of halogens is 1. The highest BCUT2D eigenvalue weighted by Crippen LogP contribution is 2.18. The Morgan fingerprint density at radius 2 is 2.00 bits per heavy atom. The third-order valence-corrected chi connectivity index (χ3v) is 2.51. The van der Waals surface area contributed by atoms with Crippen LogP contribution in [0, 0.1) is 0 Å². The van der Waals surface area contributed by atoms with E-state index in [1.165, 1.54) is 6.07 Å². The Hall–Kier alpha value is -1.35. The van der Waals surface area contributed by atoms with Crippen molar-refractivity contribution in [3.05, 3.63) is 34.3 Å². The van der Waals surface area contributed by atoms with Gasteiger partial charge < -0.3 is 4.74 Å². The van der Waals surface area contributed by atoms with E-state index >= 15 is 0 Å². The van der Waals surface area contributed by atoms with Crippen molar-refractivity contribution in [2.45, 2.75) is 20.3 Å². The third kappa shape index (κ3) is 2.83. The number of benzene rings is 1. The lowest BCUT2D eigenvalue weighted by Gasteiger charge is -2.04. The lowest BCUT2D eigenvalue weighted by atomic mass is 10.1. The van der Waals surface area contributed by atoms with Gasteiger partial charge in [0, 0.05) is 10.6 Å². The summed E-state index contributed by atoms with van der Waals surface area (Å²) in [4.78, 5) is 22.7. The Morgan fingerprint density at radius 3 is 2.50 bits per heavy atom. The van der Waals surface area contributed by atoms with Crippen LogP contribution in [0.1, 0.15) is 29.8 Å². The van der Waals surface area contributed by atoms with Crippen molar-refractivity contribution in [3.63, 3.8) is 0 Å². The largest absolute Gasteiger partial charge is 0.460 e. The van der Waals surface area contributed by atoms with Gasteiger partial charge in [-0.2, -0.15) is 0 Å². The molecule has 0 radical (unpaired) electrons. The SMILES string of the molecule is CCOC(=O)C(=O)c1ccc(CC)c(Cl)c1. The molecule has 0 aliphatic heterocycles. The number of carbonyl (C=O) groups excluding carboxylic acids is 2. The summed E-state index contributed by atoms with van der Waals surface area (Å²) < 4.78 is 4.62. The van der Waals surface area contributed by atoms with Crippen LogP contribution in [0.5, 0.6) is 0 Å². The number of esters is 1. The molecule has 1 aromatic rings. The number of Topliss-reactive ketones (excluding diaryl/α,β-unsaturated/α-hetero) is 1. The van der Waals surface area contributed by atoms with E-state index < -0.39 is 11.8 Å². The van der Waals surface area contributed by atoms with Gasteiger partial charge in [0.05, 0.1) is 6.61 Å². The molecular weight excluding hydrogens is 228 g/mol. The van der Waals surface area contributed by atoms with Crippen LogP contribution < -0.4 is 0 Å². The average Bonchev–Trinajstić information content (AvgIpc) is 2.28. The lowest BCUT2D eigenvalue weighted by molar-refractivity contribution is -0.137. The van der Waals surface area contributed by atoms with Crippen LogP contribution in [-0.4, -0.2) is 18.4 Å². The maximum absolute atomic E-state index is 11.6. The molecule has 4 heteroatoms. The number of ether oxygens (including phenoxy) is 1. The van der Waals surface area contributed by atoms with Crippen molar-refractivity contribution in [1.82, 2.24) is 0 Å². The molecule has 86 valence electrons. The summed E-state index contributed by atoms with van der Waals surface area (Å²) in [7, 11) is 0. The van der Waals surface area contributed by atoms with Gasteiger partial charge in [-0.25, -0.2) is 4.79 Å². The smallest absolute Gasteiger partial charge is 0.379 e. The molecule has 0 aliphatic rings. The van der Waals surface area contributed by atoms with Gasteiger partial charge in [-0.05, 0) is 25.0 Å². The van der Waals surface area contributed by atoms with Crippen molar-refractivity contribution in [2.24, 2.45) is 0 Å². The lowest BCUT2D eigenvalue weighted by Crippen LogP contribution is -2.17. The van der Waals surface area contributed by atoms with Crippen LogP contribution in [0.3, 0.4) is 0 Å². The van der Waals surface area contributed by atoms with Gasteiger partial charge in [0.1, 0.15) is 0 Å². The highest BCUT2D eigenvalue weighted by atomic mass is 35.5. The molecule has 0 fully saturated rings. The van der Waals surface area contributed by atoms with Gasteiger partial charge in [0.2, 0.25) is 0 Å². The molecule has 0 unspecified atom stereocenters. The second-order valence-corrected chi connectivity index (χ2v) is 3.62. The molecule has 0 spiro atoms. The fourth-order valence-corrected chi connectivity index (χ4v) is 1.60. The van der Waals surface area contributed by atoms with E-state index in [9.17, 15) is 9.59 Å². The van der Waals surface area contributed by atoms with E-state index in [-0.39, 0.29) is 12.2 Å². The summed E-state index contributed by atoms with van der Waals surface area (Å²) in [6, 6.07) is 4.83. The summed E-state index contributed by atoms with van der Waals surface area (Å²) >= 11 is 5.95. The Kier molecular flexibility index (Phi) is 4.50. The molecule has 0 N–H and O–H groups in total. The van der Waals surface area contributed by atoms with E-state index in [2.05, 4.69) is 4.74 Å². The summed E-state index contributed by atoms with van der Waals surface area (Å²) in [6.45, 7) is 3.80. The molecular formula is C12H13ClO3. The van der Waals surface area contributed by atoms with Crippen LogP contribution in [0.4, 0.5) is 0 Å². The van der Waals surface area contributed by atoms with E-state index in [1.807, 2.05) is 6.92 Å². The number of carbonyl (C=O) groups is 2. The maximum atomic E-state index is 11.6. The van der Waals surface area contributed by atoms with Gasteiger partial charge in [-0.3, -0.25) is 4.79 Å². The van der Waals surface area contributed by atoms with Crippen molar-refractivity contribution >= 4 is 23.4 Å². The monoisotopic (exact) mass is 240 g/mol. The molecule has 0 heterocycles. The number of hydrogen-bond acceptors (Lipinski definition) is 3. The van der Waals surface area contributed by atoms with Crippen LogP contribution >= 0.6 is 11.6 Å². The van der Waals surface area contributed by atoms with E-state index in [0.717, 1.165) is 12.0 Å². The molecule has 0 aliphatic carbocycles. The van der Waals surface area contributed by atoms with Crippen LogP contribution in [0.2, 0.25) is 5.02 Å². The second kappa shape index (κ2) is 5.66. The van der Waals surface area contributed by atoms with Crippen molar-refractivity contribution < 1.29 is 14.3 Å².